The molecule has 2 N–H and O–H groups in total. The number of hydrogen-bond donors (Lipinski definition) is 2. The molecule has 1 unspecified atom stereocenters. The lowest BCUT2D eigenvalue weighted by molar-refractivity contribution is 0.0528. The third kappa shape index (κ3) is 6.02. The van der Waals surface area contributed by atoms with Crippen molar-refractivity contribution in [2.75, 3.05) is 18.8 Å². The second-order valence-electron chi connectivity index (χ2n) is 5.15. The van der Waals surface area contributed by atoms with Crippen molar-refractivity contribution in [3.63, 3.8) is 0 Å². The summed E-state index contributed by atoms with van der Waals surface area (Å²) in [5.74, 6) is 0.0828. The zero-order valence-electron chi connectivity index (χ0n) is 10.9. The van der Waals surface area contributed by atoms with Crippen LogP contribution in [-0.4, -0.2) is 45.0 Å². The van der Waals surface area contributed by atoms with Crippen LogP contribution < -0.4 is 10.6 Å². The molecular weight excluding hydrogens is 256 g/mol. The van der Waals surface area contributed by atoms with Crippen LogP contribution >= 0.6 is 0 Å². The van der Waals surface area contributed by atoms with Gasteiger partial charge in [0.05, 0.1) is 5.75 Å². The number of carbonyl (C=O) groups excluding carboxylic acids is 1. The van der Waals surface area contributed by atoms with Gasteiger partial charge in [0.1, 0.15) is 5.60 Å². The Labute approximate surface area is 108 Å². The van der Waals surface area contributed by atoms with Crippen molar-refractivity contribution in [1.82, 2.24) is 10.6 Å². The quantitative estimate of drug-likeness (QED) is 0.727. The minimum atomic E-state index is -3.03. The van der Waals surface area contributed by atoms with E-state index in [0.717, 1.165) is 0 Å². The molecule has 1 aliphatic heterocycles. The van der Waals surface area contributed by atoms with Crippen molar-refractivity contribution in [2.45, 2.75) is 32.4 Å². The summed E-state index contributed by atoms with van der Waals surface area (Å²) in [5, 5.41) is 6.82. The van der Waals surface area contributed by atoms with Crippen LogP contribution in [0.5, 0.6) is 0 Å². The molecule has 0 spiro atoms. The van der Waals surface area contributed by atoms with Crippen LogP contribution in [-0.2, 0) is 14.6 Å². The fourth-order valence-electron chi connectivity index (χ4n) is 1.44. The minimum Gasteiger partial charge on any atom is -0.444 e. The van der Waals surface area contributed by atoms with Crippen LogP contribution in [0.15, 0.2) is 11.5 Å². The van der Waals surface area contributed by atoms with Crippen molar-refractivity contribution in [1.29, 1.82) is 0 Å². The Morgan fingerprint density at radius 3 is 2.56 bits per heavy atom. The molecule has 0 radical (unpaired) electrons. The molecule has 18 heavy (non-hydrogen) atoms. The van der Waals surface area contributed by atoms with E-state index in [9.17, 15) is 13.2 Å². The zero-order valence-corrected chi connectivity index (χ0v) is 11.7. The first-order valence-electron chi connectivity index (χ1n) is 5.79. The van der Waals surface area contributed by atoms with Crippen LogP contribution in [0, 0.1) is 0 Å². The molecule has 0 saturated heterocycles. The van der Waals surface area contributed by atoms with Crippen molar-refractivity contribution < 1.29 is 17.9 Å². The van der Waals surface area contributed by atoms with Crippen LogP contribution in [0.2, 0.25) is 0 Å². The number of ether oxygens (including phenoxy) is 1. The maximum atomic E-state index is 11.3. The first-order valence-corrected chi connectivity index (χ1v) is 7.51. The summed E-state index contributed by atoms with van der Waals surface area (Å²) in [6, 6.07) is -0.171. The third-order valence-corrected chi connectivity index (χ3v) is 3.53. The van der Waals surface area contributed by atoms with E-state index in [1.807, 2.05) is 0 Å². The van der Waals surface area contributed by atoms with Gasteiger partial charge in [-0.05, 0) is 20.8 Å². The van der Waals surface area contributed by atoms with E-state index in [-0.39, 0.29) is 11.8 Å². The van der Waals surface area contributed by atoms with Gasteiger partial charge in [0, 0.05) is 24.5 Å². The Balaban J connectivity index is 2.13. The predicted molar refractivity (Wildman–Crippen MR) is 69.0 cm³/mol. The average Bonchev–Trinajstić information content (AvgIpc) is 2.50. The maximum Gasteiger partial charge on any atom is 0.407 e. The molecule has 0 aromatic carbocycles. The Morgan fingerprint density at radius 2 is 2.06 bits per heavy atom. The highest BCUT2D eigenvalue weighted by Crippen LogP contribution is 2.07. The van der Waals surface area contributed by atoms with E-state index < -0.39 is 21.5 Å². The normalized spacial score (nSPS) is 21.8. The van der Waals surface area contributed by atoms with E-state index in [1.54, 1.807) is 26.8 Å². The van der Waals surface area contributed by atoms with Crippen molar-refractivity contribution in [3.8, 4) is 0 Å². The Morgan fingerprint density at radius 1 is 1.39 bits per heavy atom. The molecule has 104 valence electrons. The van der Waals surface area contributed by atoms with E-state index >= 15 is 0 Å². The molecule has 0 fully saturated rings. The topological polar surface area (TPSA) is 84.5 Å². The Kier molecular flexibility index (Phi) is 4.75. The number of carbonyl (C=O) groups is 1. The van der Waals surface area contributed by atoms with Crippen LogP contribution in [0.25, 0.3) is 0 Å². The molecule has 0 bridgehead atoms. The van der Waals surface area contributed by atoms with Crippen LogP contribution in [0.3, 0.4) is 0 Å². The second kappa shape index (κ2) is 5.71. The molecule has 1 atom stereocenters. The van der Waals surface area contributed by atoms with Gasteiger partial charge in [-0.25, -0.2) is 13.2 Å². The highest BCUT2D eigenvalue weighted by atomic mass is 32.2. The lowest BCUT2D eigenvalue weighted by Gasteiger charge is -2.19. The number of sulfone groups is 1. The molecular formula is C11H20N2O4S. The summed E-state index contributed by atoms with van der Waals surface area (Å²) in [4.78, 5) is 11.3. The monoisotopic (exact) mass is 276 g/mol. The molecule has 7 heteroatoms. The van der Waals surface area contributed by atoms with Crippen LogP contribution in [0.1, 0.15) is 20.8 Å². The van der Waals surface area contributed by atoms with Gasteiger partial charge in [-0.1, -0.05) is 6.08 Å². The first kappa shape index (κ1) is 15.0. The Hall–Kier alpha value is -1.08. The van der Waals surface area contributed by atoms with Gasteiger partial charge in [-0.2, -0.15) is 0 Å². The molecule has 0 aliphatic carbocycles. The molecule has 0 aromatic heterocycles. The van der Waals surface area contributed by atoms with Gasteiger partial charge in [-0.3, -0.25) is 0 Å². The van der Waals surface area contributed by atoms with Gasteiger partial charge >= 0.3 is 6.09 Å². The van der Waals surface area contributed by atoms with Gasteiger partial charge in [0.15, 0.2) is 9.84 Å². The first-order chi connectivity index (χ1) is 8.18. The third-order valence-electron chi connectivity index (χ3n) is 2.13. The van der Waals surface area contributed by atoms with E-state index in [4.69, 9.17) is 4.74 Å². The van der Waals surface area contributed by atoms with Gasteiger partial charge in [0.25, 0.3) is 0 Å². The molecule has 0 saturated carbocycles. The number of hydrogen-bond acceptors (Lipinski definition) is 5. The summed E-state index contributed by atoms with van der Waals surface area (Å²) in [6.07, 6.45) is 1.14. The zero-order chi connectivity index (χ0) is 13.8. The van der Waals surface area contributed by atoms with Gasteiger partial charge in [-0.15, -0.1) is 0 Å². The lowest BCUT2D eigenvalue weighted by Crippen LogP contribution is -2.39. The SMILES string of the molecule is CC(C)(C)OC(=O)NCCNC1C=CS(=O)(=O)C1. The minimum absolute atomic E-state index is 0.0828. The molecule has 0 aromatic rings. The number of nitrogens with one attached hydrogen (secondary N) is 2. The number of rotatable bonds is 4. The summed E-state index contributed by atoms with van der Waals surface area (Å²) < 4.78 is 27.3. The van der Waals surface area contributed by atoms with Crippen molar-refractivity contribution in [3.05, 3.63) is 11.5 Å². The number of alkyl carbamates (subject to hydrolysis) is 1. The lowest BCUT2D eigenvalue weighted by atomic mass is 10.2. The summed E-state index contributed by atoms with van der Waals surface area (Å²) in [6.45, 7) is 6.25. The van der Waals surface area contributed by atoms with E-state index in [0.29, 0.717) is 13.1 Å². The molecule has 1 heterocycles. The second-order valence-corrected chi connectivity index (χ2v) is 7.08. The van der Waals surface area contributed by atoms with E-state index in [1.165, 1.54) is 5.41 Å². The predicted octanol–water partition coefficient (Wildman–Crippen LogP) is 0.411. The highest BCUT2D eigenvalue weighted by molar-refractivity contribution is 7.94. The number of amides is 1. The fraction of sp³-hybridized carbons (Fsp3) is 0.727. The van der Waals surface area contributed by atoms with Crippen molar-refractivity contribution in [2.24, 2.45) is 0 Å². The van der Waals surface area contributed by atoms with E-state index in [2.05, 4.69) is 10.6 Å². The molecule has 6 nitrogen and oxygen atoms in total. The summed E-state index contributed by atoms with van der Waals surface area (Å²) in [5.41, 5.74) is -0.514. The smallest absolute Gasteiger partial charge is 0.407 e. The fourth-order valence-corrected chi connectivity index (χ4v) is 2.71. The largest absolute Gasteiger partial charge is 0.444 e. The summed E-state index contributed by atoms with van der Waals surface area (Å²) in [7, 11) is -3.03. The maximum absolute atomic E-state index is 11.3. The highest BCUT2D eigenvalue weighted by Gasteiger charge is 2.21. The van der Waals surface area contributed by atoms with Crippen LogP contribution in [0.4, 0.5) is 4.79 Å². The van der Waals surface area contributed by atoms with Crippen molar-refractivity contribution >= 4 is 15.9 Å². The molecule has 1 rings (SSSR count). The van der Waals surface area contributed by atoms with Gasteiger partial charge < -0.3 is 15.4 Å². The summed E-state index contributed by atoms with van der Waals surface area (Å²) >= 11 is 0. The molecule has 1 amide bonds. The standard InChI is InChI=1S/C11H20N2O4S/c1-11(2,3)17-10(14)13-6-5-12-9-4-7-18(15,16)8-9/h4,7,9,12H,5-6,8H2,1-3H3,(H,13,14). The Bertz CT molecular complexity index is 423. The average molecular weight is 276 g/mol. The van der Waals surface area contributed by atoms with Gasteiger partial charge in [0.2, 0.25) is 0 Å². The molecule has 1 aliphatic rings.